The Morgan fingerprint density at radius 2 is 1.65 bits per heavy atom. The Hall–Kier alpha value is -1.61. The normalized spacial score (nSPS) is 24.6. The largest absolute Gasteiger partial charge is 0.378 e. The first-order valence-electron chi connectivity index (χ1n) is 11.4. The van der Waals surface area contributed by atoms with Gasteiger partial charge in [-0.1, -0.05) is 57.0 Å². The second-order valence-corrected chi connectivity index (χ2v) is 12.2. The number of aryl methyl sites for hydroxylation is 1. The molecule has 0 bridgehead atoms. The average molecular weight is 444 g/mol. The topological polar surface area (TPSA) is 49.8 Å². The van der Waals surface area contributed by atoms with Gasteiger partial charge >= 0.3 is 0 Å². The number of hydrogen-bond donors (Lipinski definition) is 1. The van der Waals surface area contributed by atoms with Crippen molar-refractivity contribution in [2.24, 2.45) is 17.8 Å². The zero-order chi connectivity index (χ0) is 22.8. The Labute approximate surface area is 188 Å². The number of anilines is 1. The first-order valence-corrected chi connectivity index (χ1v) is 13.1. The van der Waals surface area contributed by atoms with Crippen molar-refractivity contribution in [3.05, 3.63) is 59.7 Å². The minimum atomic E-state index is -3.58. The number of aliphatic hydroxyl groups is 1. The average Bonchev–Trinajstić information content (AvgIpc) is 2.73. The monoisotopic (exact) mass is 443 g/mol. The Kier molecular flexibility index (Phi) is 7.68. The minimum absolute atomic E-state index is 0.122. The molecule has 0 saturated heterocycles. The molecule has 0 aliphatic heterocycles. The maximum Gasteiger partial charge on any atom is 0.264 e. The highest BCUT2D eigenvalue weighted by molar-refractivity contribution is 7.67. The van der Waals surface area contributed by atoms with Gasteiger partial charge in [0.25, 0.3) is 7.37 Å². The number of rotatable bonds is 7. The van der Waals surface area contributed by atoms with Crippen LogP contribution in [0.4, 0.5) is 5.69 Å². The highest BCUT2D eigenvalue weighted by Crippen LogP contribution is 2.60. The summed E-state index contributed by atoms with van der Waals surface area (Å²) in [6, 6.07) is 15.2. The standard InChI is InChI=1S/C26H38NO3P/c1-18(2)24-16-9-20(4)17-25(24)30-31(29,23-14-12-22(13-15-23)27(5)6)26(28)21-10-7-19(3)8-11-21/h7-8,10-15,18,20,24-26,28H,9,16-17H2,1-6H3/t20-,24-,25+,26-,31+/m0/s1. The predicted molar refractivity (Wildman–Crippen MR) is 130 cm³/mol. The van der Waals surface area contributed by atoms with Crippen LogP contribution in [0.15, 0.2) is 48.5 Å². The van der Waals surface area contributed by atoms with Gasteiger partial charge in [-0.25, -0.2) is 0 Å². The fraction of sp³-hybridized carbons (Fsp3) is 0.538. The SMILES string of the molecule is Cc1ccc([C@@H](O)[P@](=O)(O[C@@H]2C[C@@H](C)CC[C@H]2C(C)C)c2ccc(N(C)C)cc2)cc1. The lowest BCUT2D eigenvalue weighted by Crippen LogP contribution is -2.35. The van der Waals surface area contributed by atoms with Crippen molar-refractivity contribution >= 4 is 18.4 Å². The highest BCUT2D eigenvalue weighted by Gasteiger charge is 2.42. The van der Waals surface area contributed by atoms with E-state index < -0.39 is 13.2 Å². The van der Waals surface area contributed by atoms with Gasteiger partial charge in [-0.05, 0) is 67.3 Å². The molecule has 1 fully saturated rings. The number of benzene rings is 2. The van der Waals surface area contributed by atoms with E-state index in [0.717, 1.165) is 24.1 Å². The lowest BCUT2D eigenvalue weighted by molar-refractivity contribution is 0.0427. The molecular formula is C26H38NO3P. The summed E-state index contributed by atoms with van der Waals surface area (Å²) in [6.45, 7) is 8.66. The lowest BCUT2D eigenvalue weighted by Gasteiger charge is -2.40. The molecule has 0 heterocycles. The van der Waals surface area contributed by atoms with E-state index in [0.29, 0.717) is 28.6 Å². The second kappa shape index (κ2) is 9.90. The van der Waals surface area contributed by atoms with E-state index in [-0.39, 0.29) is 6.10 Å². The van der Waals surface area contributed by atoms with Crippen molar-refractivity contribution in [2.45, 2.75) is 58.9 Å². The molecule has 1 saturated carbocycles. The Morgan fingerprint density at radius 1 is 1.03 bits per heavy atom. The zero-order valence-corrected chi connectivity index (χ0v) is 20.7. The Bertz CT molecular complexity index is 892. The quantitative estimate of drug-likeness (QED) is 0.523. The predicted octanol–water partition coefficient (Wildman–Crippen LogP) is 6.13. The van der Waals surface area contributed by atoms with Crippen LogP contribution in [0.3, 0.4) is 0 Å². The van der Waals surface area contributed by atoms with Crippen LogP contribution in [0, 0.1) is 24.7 Å². The van der Waals surface area contributed by atoms with Gasteiger partial charge in [-0.15, -0.1) is 0 Å². The summed E-state index contributed by atoms with van der Waals surface area (Å²) in [4.78, 5) is 2.00. The van der Waals surface area contributed by atoms with Gasteiger partial charge in [-0.2, -0.15) is 0 Å². The van der Waals surface area contributed by atoms with Gasteiger partial charge in [0, 0.05) is 25.1 Å². The van der Waals surface area contributed by atoms with Crippen LogP contribution in [0.1, 0.15) is 57.0 Å². The number of hydrogen-bond acceptors (Lipinski definition) is 4. The Balaban J connectivity index is 2.02. The lowest BCUT2D eigenvalue weighted by atomic mass is 9.75. The molecule has 170 valence electrons. The molecule has 0 spiro atoms. The molecule has 2 aromatic carbocycles. The summed E-state index contributed by atoms with van der Waals surface area (Å²) in [7, 11) is 0.365. The van der Waals surface area contributed by atoms with E-state index in [1.165, 1.54) is 6.42 Å². The van der Waals surface area contributed by atoms with Crippen molar-refractivity contribution in [1.29, 1.82) is 0 Å². The van der Waals surface area contributed by atoms with E-state index in [1.54, 1.807) is 0 Å². The van der Waals surface area contributed by atoms with Crippen LogP contribution in [0.25, 0.3) is 0 Å². The summed E-state index contributed by atoms with van der Waals surface area (Å²) in [6.07, 6.45) is 3.00. The van der Waals surface area contributed by atoms with Crippen LogP contribution < -0.4 is 10.2 Å². The summed E-state index contributed by atoms with van der Waals surface area (Å²) >= 11 is 0. The van der Waals surface area contributed by atoms with Gasteiger partial charge in [0.15, 0.2) is 5.85 Å². The molecule has 2 aromatic rings. The van der Waals surface area contributed by atoms with Gasteiger partial charge in [0.1, 0.15) is 0 Å². The maximum atomic E-state index is 14.5. The van der Waals surface area contributed by atoms with Gasteiger partial charge < -0.3 is 14.5 Å². The maximum absolute atomic E-state index is 14.5. The third-order valence-corrected chi connectivity index (χ3v) is 9.22. The first kappa shape index (κ1) is 24.0. The summed E-state index contributed by atoms with van der Waals surface area (Å²) < 4.78 is 21.1. The molecule has 0 amide bonds. The molecule has 31 heavy (non-hydrogen) atoms. The van der Waals surface area contributed by atoms with Crippen LogP contribution in [0.2, 0.25) is 0 Å². The molecule has 1 aliphatic rings. The van der Waals surface area contributed by atoms with Crippen molar-refractivity contribution in [3.63, 3.8) is 0 Å². The molecule has 0 unspecified atom stereocenters. The van der Waals surface area contributed by atoms with Crippen molar-refractivity contribution < 1.29 is 14.2 Å². The molecule has 5 atom stereocenters. The van der Waals surface area contributed by atoms with Gasteiger partial charge in [-0.3, -0.25) is 4.57 Å². The molecule has 1 aliphatic carbocycles. The second-order valence-electron chi connectivity index (χ2n) is 9.76. The fourth-order valence-electron chi connectivity index (χ4n) is 4.59. The molecule has 0 radical (unpaired) electrons. The molecule has 5 heteroatoms. The van der Waals surface area contributed by atoms with Crippen molar-refractivity contribution in [3.8, 4) is 0 Å². The van der Waals surface area contributed by atoms with E-state index in [1.807, 2.05) is 74.4 Å². The summed E-state index contributed by atoms with van der Waals surface area (Å²) in [5, 5.41) is 12.0. The minimum Gasteiger partial charge on any atom is -0.378 e. The fourth-order valence-corrected chi connectivity index (χ4v) is 6.88. The van der Waals surface area contributed by atoms with Crippen molar-refractivity contribution in [1.82, 2.24) is 0 Å². The Morgan fingerprint density at radius 3 is 2.19 bits per heavy atom. The van der Waals surface area contributed by atoms with E-state index in [9.17, 15) is 9.67 Å². The third-order valence-electron chi connectivity index (χ3n) is 6.68. The number of aliphatic hydroxyl groups excluding tert-OH is 1. The first-order chi connectivity index (χ1) is 14.6. The highest BCUT2D eigenvalue weighted by atomic mass is 31.2. The summed E-state index contributed by atoms with van der Waals surface area (Å²) in [5.74, 6) is 0.124. The van der Waals surface area contributed by atoms with Crippen LogP contribution in [0.5, 0.6) is 0 Å². The zero-order valence-electron chi connectivity index (χ0n) is 19.8. The van der Waals surface area contributed by atoms with Gasteiger partial charge in [0.05, 0.1) is 6.10 Å². The number of nitrogens with zero attached hydrogens (tertiary/aromatic N) is 1. The van der Waals surface area contributed by atoms with Crippen LogP contribution in [-0.4, -0.2) is 25.3 Å². The molecule has 3 rings (SSSR count). The van der Waals surface area contributed by atoms with Crippen LogP contribution in [-0.2, 0) is 9.09 Å². The molecular weight excluding hydrogens is 405 g/mol. The van der Waals surface area contributed by atoms with Crippen molar-refractivity contribution in [2.75, 3.05) is 19.0 Å². The molecule has 4 nitrogen and oxygen atoms in total. The smallest absolute Gasteiger partial charge is 0.264 e. The van der Waals surface area contributed by atoms with E-state index in [2.05, 4.69) is 20.8 Å². The summed E-state index contributed by atoms with van der Waals surface area (Å²) in [5.41, 5.74) is 2.75. The van der Waals surface area contributed by atoms with E-state index >= 15 is 0 Å². The van der Waals surface area contributed by atoms with E-state index in [4.69, 9.17) is 4.52 Å². The van der Waals surface area contributed by atoms with Gasteiger partial charge in [0.2, 0.25) is 0 Å². The molecule has 0 aromatic heterocycles. The van der Waals surface area contributed by atoms with Crippen LogP contribution >= 0.6 is 7.37 Å². The third kappa shape index (κ3) is 5.42. The molecule has 1 N–H and O–H groups in total.